The number of halogens is 2. The molecule has 0 aliphatic rings. The molecule has 0 aliphatic heterocycles. The molecule has 0 saturated heterocycles. The summed E-state index contributed by atoms with van der Waals surface area (Å²) in [5, 5.41) is 0. The Kier molecular flexibility index (Phi) is 4.69. The normalized spacial score (nSPS) is 10.2. The zero-order valence-corrected chi connectivity index (χ0v) is 10.0. The van der Waals surface area contributed by atoms with E-state index in [0.29, 0.717) is 11.5 Å². The van der Waals surface area contributed by atoms with Gasteiger partial charge in [0, 0.05) is 0 Å². The number of benzene rings is 2. The highest BCUT2D eigenvalue weighted by Crippen LogP contribution is 2.12. The van der Waals surface area contributed by atoms with Gasteiger partial charge in [-0.1, -0.05) is 0 Å². The van der Waals surface area contributed by atoms with Gasteiger partial charge in [-0.2, -0.15) is 0 Å². The summed E-state index contributed by atoms with van der Waals surface area (Å²) in [5.74, 6) is 0.354. The molecule has 19 heavy (non-hydrogen) atoms. The highest BCUT2D eigenvalue weighted by Gasteiger charge is 1.96. The van der Waals surface area contributed by atoms with Crippen molar-refractivity contribution in [2.45, 2.75) is 0 Å². The first kappa shape index (κ1) is 13.3. The van der Waals surface area contributed by atoms with Crippen molar-refractivity contribution in [2.24, 2.45) is 0 Å². The van der Waals surface area contributed by atoms with Crippen molar-refractivity contribution < 1.29 is 23.0 Å². The SMILES string of the molecule is Fc1ccc(OCOCOc2ccc(F)cc2)cc1. The molecule has 3 nitrogen and oxygen atoms in total. The Morgan fingerprint density at radius 1 is 0.632 bits per heavy atom. The molecule has 0 aromatic heterocycles. The topological polar surface area (TPSA) is 27.7 Å². The highest BCUT2D eigenvalue weighted by atomic mass is 19.1. The zero-order chi connectivity index (χ0) is 13.5. The Balaban J connectivity index is 1.64. The van der Waals surface area contributed by atoms with Gasteiger partial charge >= 0.3 is 0 Å². The van der Waals surface area contributed by atoms with Gasteiger partial charge < -0.3 is 14.2 Å². The third-order valence-corrected chi connectivity index (χ3v) is 2.25. The van der Waals surface area contributed by atoms with Gasteiger partial charge in [0.2, 0.25) is 0 Å². The number of ether oxygens (including phenoxy) is 3. The quantitative estimate of drug-likeness (QED) is 0.592. The minimum atomic E-state index is -0.326. The number of hydrogen-bond donors (Lipinski definition) is 0. The Hall–Kier alpha value is -2.14. The minimum Gasteiger partial charge on any atom is -0.467 e. The average Bonchev–Trinajstić information content (AvgIpc) is 2.43. The van der Waals surface area contributed by atoms with E-state index in [-0.39, 0.29) is 25.2 Å². The summed E-state index contributed by atoms with van der Waals surface area (Å²) in [6.07, 6.45) is 0. The van der Waals surface area contributed by atoms with Crippen LogP contribution in [0.5, 0.6) is 11.5 Å². The van der Waals surface area contributed by atoms with E-state index < -0.39 is 0 Å². The fourth-order valence-electron chi connectivity index (χ4n) is 1.32. The molecule has 0 atom stereocenters. The van der Waals surface area contributed by atoms with Crippen LogP contribution in [0.2, 0.25) is 0 Å². The van der Waals surface area contributed by atoms with Gasteiger partial charge in [-0.15, -0.1) is 0 Å². The molecule has 0 fully saturated rings. The predicted octanol–water partition coefficient (Wildman–Crippen LogP) is 3.35. The minimum absolute atomic E-state index is 0.0210. The van der Waals surface area contributed by atoms with Gasteiger partial charge in [-0.25, -0.2) is 8.78 Å². The lowest BCUT2D eigenvalue weighted by molar-refractivity contribution is -0.0537. The summed E-state index contributed by atoms with van der Waals surface area (Å²) in [4.78, 5) is 0. The Bertz CT molecular complexity index is 450. The van der Waals surface area contributed by atoms with Crippen LogP contribution < -0.4 is 9.47 Å². The molecule has 0 heterocycles. The van der Waals surface area contributed by atoms with Crippen molar-refractivity contribution in [2.75, 3.05) is 13.6 Å². The lowest BCUT2D eigenvalue weighted by atomic mass is 10.3. The largest absolute Gasteiger partial charge is 0.467 e. The third-order valence-electron chi connectivity index (χ3n) is 2.25. The molecule has 0 N–H and O–H groups in total. The van der Waals surface area contributed by atoms with Crippen LogP contribution in [-0.2, 0) is 4.74 Å². The molecule has 2 aromatic rings. The van der Waals surface area contributed by atoms with Crippen LogP contribution in [0.4, 0.5) is 8.78 Å². The second kappa shape index (κ2) is 6.70. The molecule has 2 aromatic carbocycles. The number of hydrogen-bond acceptors (Lipinski definition) is 3. The van der Waals surface area contributed by atoms with E-state index in [4.69, 9.17) is 14.2 Å². The Morgan fingerprint density at radius 3 is 1.37 bits per heavy atom. The van der Waals surface area contributed by atoms with E-state index in [0.717, 1.165) is 0 Å². The second-order valence-corrected chi connectivity index (χ2v) is 3.64. The molecule has 0 radical (unpaired) electrons. The highest BCUT2D eigenvalue weighted by molar-refractivity contribution is 5.22. The van der Waals surface area contributed by atoms with Crippen LogP contribution in [-0.4, -0.2) is 13.6 Å². The first-order valence-corrected chi connectivity index (χ1v) is 5.58. The van der Waals surface area contributed by atoms with Crippen molar-refractivity contribution in [3.8, 4) is 11.5 Å². The van der Waals surface area contributed by atoms with Crippen LogP contribution >= 0.6 is 0 Å². The van der Waals surface area contributed by atoms with E-state index in [1.807, 2.05) is 0 Å². The first-order chi connectivity index (χ1) is 9.24. The van der Waals surface area contributed by atoms with Crippen LogP contribution in [0.1, 0.15) is 0 Å². The van der Waals surface area contributed by atoms with E-state index in [9.17, 15) is 8.78 Å². The van der Waals surface area contributed by atoms with Gasteiger partial charge in [-0.05, 0) is 48.5 Å². The second-order valence-electron chi connectivity index (χ2n) is 3.64. The van der Waals surface area contributed by atoms with Crippen LogP contribution in [0.25, 0.3) is 0 Å². The van der Waals surface area contributed by atoms with Crippen molar-refractivity contribution in [1.29, 1.82) is 0 Å². The summed E-state index contributed by atoms with van der Waals surface area (Å²) in [6.45, 7) is -0.0420. The maximum Gasteiger partial charge on any atom is 0.192 e. The van der Waals surface area contributed by atoms with E-state index in [1.165, 1.54) is 48.5 Å². The molecule has 5 heteroatoms. The van der Waals surface area contributed by atoms with Gasteiger partial charge in [0.25, 0.3) is 0 Å². The first-order valence-electron chi connectivity index (χ1n) is 5.58. The van der Waals surface area contributed by atoms with Gasteiger partial charge in [0.1, 0.15) is 23.1 Å². The van der Waals surface area contributed by atoms with Gasteiger partial charge in [-0.3, -0.25) is 0 Å². The fourth-order valence-corrected chi connectivity index (χ4v) is 1.32. The standard InChI is InChI=1S/C14H12F2O3/c15-11-1-5-13(6-2-11)18-9-17-10-19-14-7-3-12(16)4-8-14/h1-8H,9-10H2. The number of rotatable bonds is 6. The zero-order valence-electron chi connectivity index (χ0n) is 10.0. The lowest BCUT2D eigenvalue weighted by Gasteiger charge is -2.08. The third kappa shape index (κ3) is 4.56. The Morgan fingerprint density at radius 2 is 1.00 bits per heavy atom. The monoisotopic (exact) mass is 266 g/mol. The average molecular weight is 266 g/mol. The lowest BCUT2D eigenvalue weighted by Crippen LogP contribution is -2.08. The van der Waals surface area contributed by atoms with Crippen LogP contribution in [0.15, 0.2) is 48.5 Å². The molecule has 0 saturated carbocycles. The van der Waals surface area contributed by atoms with Crippen LogP contribution in [0.3, 0.4) is 0 Å². The molecule has 0 aliphatic carbocycles. The molecule has 2 rings (SSSR count). The van der Waals surface area contributed by atoms with E-state index >= 15 is 0 Å². The fraction of sp³-hybridized carbons (Fsp3) is 0.143. The summed E-state index contributed by atoms with van der Waals surface area (Å²) in [7, 11) is 0. The molecule has 0 bridgehead atoms. The maximum absolute atomic E-state index is 12.6. The van der Waals surface area contributed by atoms with Crippen LogP contribution in [0, 0.1) is 11.6 Å². The summed E-state index contributed by atoms with van der Waals surface area (Å²) in [5.41, 5.74) is 0. The molecular formula is C14H12F2O3. The maximum atomic E-state index is 12.6. The molecule has 0 spiro atoms. The van der Waals surface area contributed by atoms with Crippen molar-refractivity contribution in [3.05, 3.63) is 60.2 Å². The van der Waals surface area contributed by atoms with Crippen molar-refractivity contribution >= 4 is 0 Å². The summed E-state index contributed by atoms with van der Waals surface area (Å²) >= 11 is 0. The van der Waals surface area contributed by atoms with Gasteiger partial charge in [0.05, 0.1) is 0 Å². The molecule has 0 unspecified atom stereocenters. The van der Waals surface area contributed by atoms with Crippen molar-refractivity contribution in [1.82, 2.24) is 0 Å². The Labute approximate surface area is 109 Å². The van der Waals surface area contributed by atoms with Gasteiger partial charge in [0.15, 0.2) is 13.6 Å². The van der Waals surface area contributed by atoms with Crippen molar-refractivity contribution in [3.63, 3.8) is 0 Å². The smallest absolute Gasteiger partial charge is 0.192 e. The van der Waals surface area contributed by atoms with E-state index in [2.05, 4.69) is 0 Å². The molecular weight excluding hydrogens is 254 g/mol. The summed E-state index contributed by atoms with van der Waals surface area (Å²) < 4.78 is 40.7. The molecule has 100 valence electrons. The predicted molar refractivity (Wildman–Crippen MR) is 64.9 cm³/mol. The summed E-state index contributed by atoms with van der Waals surface area (Å²) in [6, 6.07) is 11.2. The molecule has 0 amide bonds. The van der Waals surface area contributed by atoms with E-state index in [1.54, 1.807) is 0 Å².